The number of rotatable bonds is 2. The Bertz CT molecular complexity index is 402. The maximum atomic E-state index is 6.00. The van der Waals surface area contributed by atoms with E-state index in [1.165, 1.54) is 11.3 Å². The summed E-state index contributed by atoms with van der Waals surface area (Å²) in [5, 5.41) is 0. The normalized spacial score (nSPS) is 13.1. The second-order valence-electron chi connectivity index (χ2n) is 3.10. The molecule has 0 aromatic carbocycles. The minimum Gasteiger partial charge on any atom is -0.467 e. The van der Waals surface area contributed by atoms with Crippen LogP contribution in [0.3, 0.4) is 0 Å². The van der Waals surface area contributed by atoms with E-state index in [1.54, 1.807) is 6.26 Å². The number of hydrogen-bond acceptors (Lipinski definition) is 3. The standard InChI is InChI=1S/C10H10ClNOS/c1-6-5-8(14-10(6)11)9(12)7-3-2-4-13-7/h2-5,9H,12H2,1H3. The molecular formula is C10H10ClNOS. The molecule has 0 fully saturated rings. The smallest absolute Gasteiger partial charge is 0.125 e. The van der Waals surface area contributed by atoms with E-state index >= 15 is 0 Å². The summed E-state index contributed by atoms with van der Waals surface area (Å²) < 4.78 is 6.03. The van der Waals surface area contributed by atoms with E-state index < -0.39 is 0 Å². The van der Waals surface area contributed by atoms with Gasteiger partial charge in [0.25, 0.3) is 0 Å². The van der Waals surface area contributed by atoms with Gasteiger partial charge in [0.15, 0.2) is 0 Å². The average Bonchev–Trinajstić information content (AvgIpc) is 2.76. The van der Waals surface area contributed by atoms with E-state index in [4.69, 9.17) is 21.8 Å². The molecular weight excluding hydrogens is 218 g/mol. The Morgan fingerprint density at radius 3 is 2.86 bits per heavy atom. The van der Waals surface area contributed by atoms with E-state index in [2.05, 4.69) is 0 Å². The molecule has 2 heterocycles. The second kappa shape index (κ2) is 3.77. The Morgan fingerprint density at radius 1 is 1.57 bits per heavy atom. The first kappa shape index (κ1) is 9.77. The summed E-state index contributed by atoms with van der Waals surface area (Å²) in [6.45, 7) is 1.97. The molecule has 2 aromatic heterocycles. The van der Waals surface area contributed by atoms with Crippen LogP contribution in [0, 0.1) is 6.92 Å². The summed E-state index contributed by atoms with van der Waals surface area (Å²) in [7, 11) is 0. The van der Waals surface area contributed by atoms with Gasteiger partial charge in [-0.3, -0.25) is 0 Å². The van der Waals surface area contributed by atoms with Crippen molar-refractivity contribution < 1.29 is 4.42 Å². The Kier molecular flexibility index (Phi) is 2.63. The van der Waals surface area contributed by atoms with Gasteiger partial charge in [-0.2, -0.15) is 0 Å². The van der Waals surface area contributed by atoms with E-state index in [-0.39, 0.29) is 6.04 Å². The van der Waals surface area contributed by atoms with Crippen LogP contribution in [0.5, 0.6) is 0 Å². The zero-order valence-corrected chi connectivity index (χ0v) is 9.23. The Labute approximate surface area is 91.3 Å². The predicted molar refractivity (Wildman–Crippen MR) is 58.8 cm³/mol. The molecule has 0 saturated heterocycles. The number of furan rings is 1. The summed E-state index contributed by atoms with van der Waals surface area (Å²) in [6, 6.07) is 5.49. The lowest BCUT2D eigenvalue weighted by Gasteiger charge is -2.04. The molecule has 0 saturated carbocycles. The highest BCUT2D eigenvalue weighted by molar-refractivity contribution is 7.16. The van der Waals surface area contributed by atoms with Crippen molar-refractivity contribution >= 4 is 22.9 Å². The molecule has 0 aliphatic carbocycles. The highest BCUT2D eigenvalue weighted by Gasteiger charge is 2.15. The third-order valence-corrected chi connectivity index (χ3v) is 3.67. The van der Waals surface area contributed by atoms with Crippen molar-refractivity contribution in [3.8, 4) is 0 Å². The van der Waals surface area contributed by atoms with Crippen LogP contribution in [0.2, 0.25) is 4.34 Å². The fourth-order valence-corrected chi connectivity index (χ4v) is 2.47. The van der Waals surface area contributed by atoms with Gasteiger partial charge in [0, 0.05) is 4.88 Å². The van der Waals surface area contributed by atoms with Gasteiger partial charge in [-0.1, -0.05) is 11.6 Å². The van der Waals surface area contributed by atoms with Crippen LogP contribution in [0.15, 0.2) is 28.9 Å². The number of aryl methyl sites for hydroxylation is 1. The molecule has 74 valence electrons. The zero-order chi connectivity index (χ0) is 10.1. The first-order valence-corrected chi connectivity index (χ1v) is 5.42. The third kappa shape index (κ3) is 1.71. The Hall–Kier alpha value is -0.770. The van der Waals surface area contributed by atoms with E-state index in [0.29, 0.717) is 0 Å². The van der Waals surface area contributed by atoms with Crippen LogP contribution in [-0.2, 0) is 0 Å². The van der Waals surface area contributed by atoms with Gasteiger partial charge in [-0.25, -0.2) is 0 Å². The second-order valence-corrected chi connectivity index (χ2v) is 4.78. The van der Waals surface area contributed by atoms with Crippen molar-refractivity contribution in [2.75, 3.05) is 0 Å². The van der Waals surface area contributed by atoms with Crippen LogP contribution in [0.1, 0.15) is 22.2 Å². The van der Waals surface area contributed by atoms with Crippen LogP contribution in [-0.4, -0.2) is 0 Å². The van der Waals surface area contributed by atoms with Crippen molar-refractivity contribution in [2.24, 2.45) is 5.73 Å². The fourth-order valence-electron chi connectivity index (χ4n) is 1.25. The van der Waals surface area contributed by atoms with Crippen LogP contribution < -0.4 is 5.73 Å². The molecule has 2 nitrogen and oxygen atoms in total. The molecule has 0 aliphatic heterocycles. The number of halogens is 1. The van der Waals surface area contributed by atoms with E-state index in [9.17, 15) is 0 Å². The summed E-state index contributed by atoms with van der Waals surface area (Å²) >= 11 is 7.47. The molecule has 1 atom stereocenters. The summed E-state index contributed by atoms with van der Waals surface area (Å²) in [5.41, 5.74) is 7.06. The van der Waals surface area contributed by atoms with Gasteiger partial charge in [0.1, 0.15) is 5.76 Å². The maximum absolute atomic E-state index is 6.00. The minimum absolute atomic E-state index is 0.207. The lowest BCUT2D eigenvalue weighted by atomic mass is 10.2. The monoisotopic (exact) mass is 227 g/mol. The Morgan fingerprint density at radius 2 is 2.36 bits per heavy atom. The number of hydrogen-bond donors (Lipinski definition) is 1. The predicted octanol–water partition coefficient (Wildman–Crippen LogP) is 3.35. The van der Waals surface area contributed by atoms with Crippen molar-refractivity contribution in [3.63, 3.8) is 0 Å². The molecule has 2 N–H and O–H groups in total. The first-order valence-electron chi connectivity index (χ1n) is 4.23. The van der Waals surface area contributed by atoms with Crippen LogP contribution in [0.4, 0.5) is 0 Å². The number of nitrogens with two attached hydrogens (primary N) is 1. The third-order valence-electron chi connectivity index (χ3n) is 2.03. The lowest BCUT2D eigenvalue weighted by Crippen LogP contribution is -2.08. The maximum Gasteiger partial charge on any atom is 0.125 e. The van der Waals surface area contributed by atoms with Crippen molar-refractivity contribution in [2.45, 2.75) is 13.0 Å². The van der Waals surface area contributed by atoms with Gasteiger partial charge < -0.3 is 10.2 Å². The van der Waals surface area contributed by atoms with Gasteiger partial charge in [-0.05, 0) is 30.7 Å². The molecule has 2 aromatic rings. The molecule has 0 bridgehead atoms. The SMILES string of the molecule is Cc1cc(C(N)c2ccco2)sc1Cl. The summed E-state index contributed by atoms with van der Waals surface area (Å²) in [4.78, 5) is 1.03. The number of thiophene rings is 1. The summed E-state index contributed by atoms with van der Waals surface area (Å²) in [6.07, 6.45) is 1.62. The van der Waals surface area contributed by atoms with Crippen molar-refractivity contribution in [1.29, 1.82) is 0 Å². The van der Waals surface area contributed by atoms with Crippen molar-refractivity contribution in [1.82, 2.24) is 0 Å². The molecule has 0 spiro atoms. The van der Waals surface area contributed by atoms with Gasteiger partial charge in [-0.15, -0.1) is 11.3 Å². The first-order chi connectivity index (χ1) is 6.68. The topological polar surface area (TPSA) is 39.2 Å². The highest BCUT2D eigenvalue weighted by Crippen LogP contribution is 2.32. The van der Waals surface area contributed by atoms with E-state index in [1.807, 2.05) is 25.1 Å². The average molecular weight is 228 g/mol. The summed E-state index contributed by atoms with van der Waals surface area (Å²) in [5.74, 6) is 0.767. The molecule has 0 aliphatic rings. The van der Waals surface area contributed by atoms with Crippen LogP contribution in [0.25, 0.3) is 0 Å². The van der Waals surface area contributed by atoms with Gasteiger partial charge in [0.2, 0.25) is 0 Å². The molecule has 0 radical (unpaired) electrons. The van der Waals surface area contributed by atoms with Gasteiger partial charge in [0.05, 0.1) is 16.6 Å². The van der Waals surface area contributed by atoms with Gasteiger partial charge >= 0.3 is 0 Å². The van der Waals surface area contributed by atoms with Crippen molar-refractivity contribution in [3.05, 3.63) is 45.0 Å². The fraction of sp³-hybridized carbons (Fsp3) is 0.200. The quantitative estimate of drug-likeness (QED) is 0.855. The molecule has 0 amide bonds. The highest BCUT2D eigenvalue weighted by atomic mass is 35.5. The molecule has 2 rings (SSSR count). The van der Waals surface area contributed by atoms with E-state index in [0.717, 1.165) is 20.5 Å². The Balaban J connectivity index is 2.32. The lowest BCUT2D eigenvalue weighted by molar-refractivity contribution is 0.492. The minimum atomic E-state index is -0.207. The van der Waals surface area contributed by atoms with Crippen LogP contribution >= 0.6 is 22.9 Å². The molecule has 1 unspecified atom stereocenters. The molecule has 14 heavy (non-hydrogen) atoms. The molecule has 4 heteroatoms. The largest absolute Gasteiger partial charge is 0.467 e. The zero-order valence-electron chi connectivity index (χ0n) is 7.66.